The van der Waals surface area contributed by atoms with Gasteiger partial charge in [-0.2, -0.15) is 5.26 Å². The van der Waals surface area contributed by atoms with Crippen molar-refractivity contribution < 1.29 is 24.2 Å². The summed E-state index contributed by atoms with van der Waals surface area (Å²) in [5.41, 5.74) is 2.09. The molecule has 2 N–H and O–H groups in total. The van der Waals surface area contributed by atoms with E-state index in [2.05, 4.69) is 5.32 Å². The van der Waals surface area contributed by atoms with Crippen LogP contribution in [0.1, 0.15) is 44.8 Å². The van der Waals surface area contributed by atoms with Crippen LogP contribution in [0.2, 0.25) is 5.02 Å². The topological polar surface area (TPSA) is 138 Å². The molecule has 4 aromatic rings. The summed E-state index contributed by atoms with van der Waals surface area (Å²) in [6, 6.07) is 19.2. The van der Waals surface area contributed by atoms with Gasteiger partial charge in [-0.25, -0.2) is 4.79 Å². The van der Waals surface area contributed by atoms with E-state index in [1.165, 1.54) is 55.1 Å². The number of amides is 1. The largest absolute Gasteiger partial charge is 0.495 e. The predicted molar refractivity (Wildman–Crippen MR) is 154 cm³/mol. The minimum atomic E-state index is -1.10. The lowest BCUT2D eigenvalue weighted by Gasteiger charge is -2.22. The van der Waals surface area contributed by atoms with Crippen LogP contribution in [-0.2, 0) is 11.2 Å². The molecule has 10 heteroatoms. The number of pyridine rings is 1. The normalized spacial score (nSPS) is 11.3. The highest BCUT2D eigenvalue weighted by Gasteiger charge is 2.25. The first-order valence-electron chi connectivity index (χ1n) is 12.4. The van der Waals surface area contributed by atoms with Crippen molar-refractivity contribution in [1.29, 1.82) is 5.26 Å². The predicted octanol–water partition coefficient (Wildman–Crippen LogP) is 5.37. The molecule has 0 aliphatic heterocycles. The van der Waals surface area contributed by atoms with Gasteiger partial charge in [-0.05, 0) is 72.6 Å². The van der Waals surface area contributed by atoms with Crippen LogP contribution >= 0.6 is 11.6 Å². The van der Waals surface area contributed by atoms with Gasteiger partial charge in [0.25, 0.3) is 5.56 Å². The molecule has 41 heavy (non-hydrogen) atoms. The van der Waals surface area contributed by atoms with E-state index in [0.717, 1.165) is 0 Å². The summed E-state index contributed by atoms with van der Waals surface area (Å²) in [6.45, 7) is 1.40. The van der Waals surface area contributed by atoms with E-state index in [-0.39, 0.29) is 23.5 Å². The van der Waals surface area contributed by atoms with Crippen LogP contribution in [0.3, 0.4) is 0 Å². The van der Waals surface area contributed by atoms with Gasteiger partial charge >= 0.3 is 5.97 Å². The molecule has 3 aromatic carbocycles. The fourth-order valence-corrected chi connectivity index (χ4v) is 4.54. The highest BCUT2D eigenvalue weighted by atomic mass is 35.5. The second kappa shape index (κ2) is 12.3. The zero-order valence-electron chi connectivity index (χ0n) is 22.1. The summed E-state index contributed by atoms with van der Waals surface area (Å²) in [4.78, 5) is 50.7. The van der Waals surface area contributed by atoms with E-state index in [4.69, 9.17) is 26.7 Å². The van der Waals surface area contributed by atoms with Crippen molar-refractivity contribution in [2.24, 2.45) is 0 Å². The molecule has 0 fully saturated rings. The van der Waals surface area contributed by atoms with Crippen molar-refractivity contribution in [3.8, 4) is 22.9 Å². The second-order valence-corrected chi connectivity index (χ2v) is 9.58. The fraction of sp³-hybridized carbons (Fsp3) is 0.129. The number of nitrogens with zero attached hydrogens (tertiary/aromatic N) is 2. The number of nitriles is 1. The highest BCUT2D eigenvalue weighted by Crippen LogP contribution is 2.34. The van der Waals surface area contributed by atoms with E-state index in [1.54, 1.807) is 42.5 Å². The standard InChI is InChI=1S/C31H24ClN3O6/c1-18(36)24-12-9-22(32)14-25(24)26-15-29(37)35(17-28(26)41-2)27(13-19-3-5-20(16-33)6-4-19)30(38)34-23-10-7-21(8-11-23)31(39)40/h3-12,14-15,17,27H,13H2,1-2H3,(H,34,38)(H,39,40). The Kier molecular flexibility index (Phi) is 8.66. The van der Waals surface area contributed by atoms with Gasteiger partial charge in [-0.3, -0.25) is 19.0 Å². The van der Waals surface area contributed by atoms with Crippen molar-refractivity contribution in [2.75, 3.05) is 12.4 Å². The molecule has 1 unspecified atom stereocenters. The molecule has 4 rings (SSSR count). The van der Waals surface area contributed by atoms with Crippen LogP contribution < -0.4 is 15.6 Å². The molecule has 0 spiro atoms. The second-order valence-electron chi connectivity index (χ2n) is 9.15. The van der Waals surface area contributed by atoms with E-state index in [0.29, 0.717) is 38.5 Å². The molecule has 1 aromatic heterocycles. The van der Waals surface area contributed by atoms with Gasteiger partial charge in [0.15, 0.2) is 5.78 Å². The van der Waals surface area contributed by atoms with Gasteiger partial charge in [-0.15, -0.1) is 0 Å². The van der Waals surface area contributed by atoms with Crippen molar-refractivity contribution >= 4 is 34.9 Å². The lowest BCUT2D eigenvalue weighted by atomic mass is 9.97. The van der Waals surface area contributed by atoms with Gasteiger partial charge in [0, 0.05) is 34.3 Å². The van der Waals surface area contributed by atoms with Crippen LogP contribution in [0.15, 0.2) is 83.8 Å². The molecule has 1 heterocycles. The number of carbonyl (C=O) groups excluding carboxylic acids is 2. The highest BCUT2D eigenvalue weighted by molar-refractivity contribution is 6.31. The molecule has 0 bridgehead atoms. The van der Waals surface area contributed by atoms with Gasteiger partial charge in [0.05, 0.1) is 30.5 Å². The SMILES string of the molecule is COc1cn(C(Cc2ccc(C#N)cc2)C(=O)Nc2ccc(C(=O)O)cc2)c(=O)cc1-c1cc(Cl)ccc1C(C)=O. The minimum Gasteiger partial charge on any atom is -0.495 e. The molecule has 1 amide bonds. The number of anilines is 1. The molecule has 0 radical (unpaired) electrons. The molecule has 0 saturated carbocycles. The lowest BCUT2D eigenvalue weighted by molar-refractivity contribution is -0.119. The van der Waals surface area contributed by atoms with E-state index in [9.17, 15) is 19.2 Å². The minimum absolute atomic E-state index is 0.0552. The summed E-state index contributed by atoms with van der Waals surface area (Å²) >= 11 is 6.20. The first-order valence-corrected chi connectivity index (χ1v) is 12.7. The van der Waals surface area contributed by atoms with Crippen LogP contribution in [0, 0.1) is 11.3 Å². The van der Waals surface area contributed by atoms with E-state index >= 15 is 0 Å². The summed E-state index contributed by atoms with van der Waals surface area (Å²) in [5.74, 6) is -1.64. The van der Waals surface area contributed by atoms with Crippen LogP contribution in [-0.4, -0.2) is 34.4 Å². The maximum atomic E-state index is 13.6. The molecule has 0 aliphatic rings. The number of aromatic nitrogens is 1. The third kappa shape index (κ3) is 6.52. The number of methoxy groups -OCH3 is 1. The number of hydrogen-bond donors (Lipinski definition) is 2. The Balaban J connectivity index is 1.80. The van der Waals surface area contributed by atoms with Gasteiger partial charge in [0.1, 0.15) is 11.8 Å². The van der Waals surface area contributed by atoms with Crippen LogP contribution in [0.4, 0.5) is 5.69 Å². The quantitative estimate of drug-likeness (QED) is 0.258. The Morgan fingerprint density at radius 2 is 1.71 bits per heavy atom. The molecule has 0 aliphatic carbocycles. The molecule has 206 valence electrons. The number of ether oxygens (including phenoxy) is 1. The Bertz CT molecular complexity index is 1740. The Labute approximate surface area is 240 Å². The van der Waals surface area contributed by atoms with Crippen LogP contribution in [0.5, 0.6) is 5.75 Å². The lowest BCUT2D eigenvalue weighted by Crippen LogP contribution is -2.34. The molecular weight excluding hydrogens is 546 g/mol. The number of carboxylic acid groups (broad SMARTS) is 1. The van der Waals surface area contributed by atoms with Crippen molar-refractivity contribution in [3.05, 3.63) is 117 Å². The maximum absolute atomic E-state index is 13.6. The van der Waals surface area contributed by atoms with Gasteiger partial charge in [-0.1, -0.05) is 23.7 Å². The first-order chi connectivity index (χ1) is 19.6. The monoisotopic (exact) mass is 569 g/mol. The van der Waals surface area contributed by atoms with Crippen molar-refractivity contribution in [3.63, 3.8) is 0 Å². The van der Waals surface area contributed by atoms with Crippen molar-refractivity contribution in [1.82, 2.24) is 4.57 Å². The molecule has 0 saturated heterocycles. The summed E-state index contributed by atoms with van der Waals surface area (Å²) in [6.07, 6.45) is 1.49. The van der Waals surface area contributed by atoms with E-state index in [1.807, 2.05) is 6.07 Å². The third-order valence-corrected chi connectivity index (χ3v) is 6.70. The number of aromatic carboxylic acids is 1. The number of benzene rings is 3. The molecule has 1 atom stereocenters. The Hall–Kier alpha value is -5.20. The summed E-state index contributed by atoms with van der Waals surface area (Å²) in [7, 11) is 1.41. The van der Waals surface area contributed by atoms with Gasteiger partial charge < -0.3 is 15.2 Å². The Morgan fingerprint density at radius 1 is 1.02 bits per heavy atom. The van der Waals surface area contributed by atoms with Gasteiger partial charge in [0.2, 0.25) is 5.91 Å². The summed E-state index contributed by atoms with van der Waals surface area (Å²) in [5, 5.41) is 21.4. The zero-order valence-corrected chi connectivity index (χ0v) is 22.8. The van der Waals surface area contributed by atoms with E-state index < -0.39 is 23.5 Å². The smallest absolute Gasteiger partial charge is 0.335 e. The number of ketones is 1. The number of Topliss-reactive ketones (excluding diaryl/α,β-unsaturated/α-hetero) is 1. The summed E-state index contributed by atoms with van der Waals surface area (Å²) < 4.78 is 6.83. The number of hydrogen-bond acceptors (Lipinski definition) is 6. The number of carbonyl (C=O) groups is 3. The average molecular weight is 570 g/mol. The van der Waals surface area contributed by atoms with Crippen LogP contribution in [0.25, 0.3) is 11.1 Å². The number of halogens is 1. The molecule has 9 nitrogen and oxygen atoms in total. The third-order valence-electron chi connectivity index (χ3n) is 6.46. The number of carboxylic acids is 1. The number of nitrogens with one attached hydrogen (secondary N) is 1. The van der Waals surface area contributed by atoms with Crippen molar-refractivity contribution in [2.45, 2.75) is 19.4 Å². The fourth-order valence-electron chi connectivity index (χ4n) is 4.37. The first kappa shape index (κ1) is 28.8. The maximum Gasteiger partial charge on any atom is 0.335 e. The Morgan fingerprint density at radius 3 is 2.29 bits per heavy atom. The molecular formula is C31H24ClN3O6. The average Bonchev–Trinajstić information content (AvgIpc) is 2.96. The zero-order chi connectivity index (χ0) is 29.7. The number of rotatable bonds is 9.